The number of nitrogens with one attached hydrogen (secondary N) is 1. The molecule has 1 fully saturated rings. The summed E-state index contributed by atoms with van der Waals surface area (Å²) >= 11 is 0. The van der Waals surface area contributed by atoms with Crippen LogP contribution in [0.1, 0.15) is 24.8 Å². The first-order valence-corrected chi connectivity index (χ1v) is 6.64. The van der Waals surface area contributed by atoms with Gasteiger partial charge in [0.1, 0.15) is 0 Å². The molecule has 1 heterocycles. The Morgan fingerprint density at radius 2 is 1.95 bits per heavy atom. The van der Waals surface area contributed by atoms with E-state index in [-0.39, 0.29) is 5.56 Å². The molecule has 0 aliphatic carbocycles. The molecule has 114 valence electrons. The normalized spacial score (nSPS) is 16.0. The number of piperidine rings is 1. The van der Waals surface area contributed by atoms with Gasteiger partial charge in [0, 0.05) is 24.3 Å². The predicted octanol–water partition coefficient (Wildman–Crippen LogP) is 2.95. The van der Waals surface area contributed by atoms with Crippen molar-refractivity contribution in [3.05, 3.63) is 29.8 Å². The predicted molar refractivity (Wildman–Crippen MR) is 72.4 cm³/mol. The van der Waals surface area contributed by atoms with Gasteiger partial charge in [0.25, 0.3) is 6.43 Å². The fraction of sp³-hybridized carbons (Fsp3) is 0.429. The van der Waals surface area contributed by atoms with Crippen molar-refractivity contribution in [3.63, 3.8) is 0 Å². The van der Waals surface area contributed by atoms with Gasteiger partial charge in [0.2, 0.25) is 0 Å². The Kier molecular flexibility index (Phi) is 4.72. The first kappa shape index (κ1) is 15.2. The van der Waals surface area contributed by atoms with Crippen LogP contribution in [0.15, 0.2) is 24.3 Å². The molecule has 1 aromatic carbocycles. The lowest BCUT2D eigenvalue weighted by Gasteiger charge is -2.30. The van der Waals surface area contributed by atoms with E-state index >= 15 is 0 Å². The Morgan fingerprint density at radius 3 is 2.52 bits per heavy atom. The monoisotopic (exact) mass is 298 g/mol. The van der Waals surface area contributed by atoms with Crippen LogP contribution in [0.5, 0.6) is 0 Å². The maximum atomic E-state index is 12.6. The lowest BCUT2D eigenvalue weighted by molar-refractivity contribution is -0.143. The Labute approximate surface area is 120 Å². The zero-order valence-corrected chi connectivity index (χ0v) is 11.3. The summed E-state index contributed by atoms with van der Waals surface area (Å²) in [6, 6.07) is 5.11. The van der Waals surface area contributed by atoms with E-state index in [4.69, 9.17) is 5.11 Å². The fourth-order valence-corrected chi connectivity index (χ4v) is 2.28. The van der Waals surface area contributed by atoms with Gasteiger partial charge in [-0.3, -0.25) is 4.79 Å². The third-order valence-corrected chi connectivity index (χ3v) is 3.52. The van der Waals surface area contributed by atoms with Gasteiger partial charge in [-0.2, -0.15) is 0 Å². The molecule has 1 aliphatic heterocycles. The van der Waals surface area contributed by atoms with Gasteiger partial charge in [-0.1, -0.05) is 12.1 Å². The van der Waals surface area contributed by atoms with Gasteiger partial charge in [-0.15, -0.1) is 0 Å². The molecule has 1 aromatic rings. The molecule has 0 radical (unpaired) electrons. The molecule has 0 atom stereocenters. The minimum absolute atomic E-state index is 0.155. The van der Waals surface area contributed by atoms with E-state index in [2.05, 4.69) is 5.32 Å². The second-order valence-corrected chi connectivity index (χ2v) is 4.96. The summed E-state index contributed by atoms with van der Waals surface area (Å²) in [5.41, 5.74) is 0.149. The molecule has 5 nitrogen and oxygen atoms in total. The molecule has 2 N–H and O–H groups in total. The van der Waals surface area contributed by atoms with Gasteiger partial charge >= 0.3 is 12.0 Å². The highest BCUT2D eigenvalue weighted by atomic mass is 19.3. The number of carbonyl (C=O) groups is 2. The van der Waals surface area contributed by atoms with Crippen LogP contribution in [0.3, 0.4) is 0 Å². The molecular weight excluding hydrogens is 282 g/mol. The van der Waals surface area contributed by atoms with Crippen LogP contribution in [0.2, 0.25) is 0 Å². The Morgan fingerprint density at radius 1 is 1.29 bits per heavy atom. The van der Waals surface area contributed by atoms with Crippen molar-refractivity contribution in [2.24, 2.45) is 5.92 Å². The Bertz CT molecular complexity index is 529. The van der Waals surface area contributed by atoms with E-state index in [1.807, 2.05) is 0 Å². The van der Waals surface area contributed by atoms with E-state index in [0.29, 0.717) is 31.6 Å². The number of aliphatic carboxylic acids is 1. The number of alkyl halides is 2. The number of nitrogens with zero attached hydrogens (tertiary/aromatic N) is 1. The number of benzene rings is 1. The number of carboxylic acid groups (broad SMARTS) is 1. The third-order valence-electron chi connectivity index (χ3n) is 3.52. The molecule has 1 saturated heterocycles. The number of carbonyl (C=O) groups excluding carboxylic acids is 1. The number of amides is 2. The zero-order chi connectivity index (χ0) is 15.4. The second kappa shape index (κ2) is 6.51. The maximum Gasteiger partial charge on any atom is 0.321 e. The molecule has 0 spiro atoms. The number of hydrogen-bond acceptors (Lipinski definition) is 2. The summed E-state index contributed by atoms with van der Waals surface area (Å²) in [5.74, 6) is -1.27. The van der Waals surface area contributed by atoms with E-state index in [9.17, 15) is 18.4 Å². The largest absolute Gasteiger partial charge is 0.481 e. The van der Waals surface area contributed by atoms with Crippen LogP contribution in [0.4, 0.5) is 19.3 Å². The van der Waals surface area contributed by atoms with Crippen LogP contribution in [0.25, 0.3) is 0 Å². The van der Waals surface area contributed by atoms with Crippen LogP contribution in [0, 0.1) is 5.92 Å². The molecule has 0 aromatic heterocycles. The Hall–Kier alpha value is -2.18. The highest BCUT2D eigenvalue weighted by Crippen LogP contribution is 2.22. The van der Waals surface area contributed by atoms with E-state index in [1.54, 1.807) is 0 Å². The number of anilines is 1. The molecule has 1 aliphatic rings. The minimum Gasteiger partial charge on any atom is -0.481 e. The van der Waals surface area contributed by atoms with Crippen molar-refractivity contribution in [1.29, 1.82) is 0 Å². The summed E-state index contributed by atoms with van der Waals surface area (Å²) in [6.45, 7) is 0.689. The summed E-state index contributed by atoms with van der Waals surface area (Å²) in [5, 5.41) is 11.4. The standard InChI is InChI=1S/C14H16F2N2O3/c15-12(16)10-2-1-3-11(8-10)17-14(21)18-6-4-9(5-7-18)13(19)20/h1-3,8-9,12H,4-7H2,(H,17,21)(H,19,20). The first-order chi connectivity index (χ1) is 9.97. The SMILES string of the molecule is O=C(O)C1CCN(C(=O)Nc2cccc(C(F)F)c2)CC1. The van der Waals surface area contributed by atoms with Crippen molar-refractivity contribution in [3.8, 4) is 0 Å². The van der Waals surface area contributed by atoms with Crippen molar-refractivity contribution >= 4 is 17.7 Å². The highest BCUT2D eigenvalue weighted by molar-refractivity contribution is 5.89. The Balaban J connectivity index is 1.93. The number of rotatable bonds is 3. The van der Waals surface area contributed by atoms with Gasteiger partial charge < -0.3 is 15.3 Å². The topological polar surface area (TPSA) is 69.6 Å². The third kappa shape index (κ3) is 3.90. The van der Waals surface area contributed by atoms with E-state index in [0.717, 1.165) is 0 Å². The molecule has 7 heteroatoms. The number of carboxylic acids is 1. The summed E-state index contributed by atoms with van der Waals surface area (Å²) in [6.07, 6.45) is -1.78. The van der Waals surface area contributed by atoms with Crippen LogP contribution >= 0.6 is 0 Å². The van der Waals surface area contributed by atoms with Crippen molar-refractivity contribution in [1.82, 2.24) is 4.90 Å². The lowest BCUT2D eigenvalue weighted by Crippen LogP contribution is -2.42. The molecular formula is C14H16F2N2O3. The number of hydrogen-bond donors (Lipinski definition) is 2. The summed E-state index contributed by atoms with van der Waals surface area (Å²) in [4.78, 5) is 24.3. The van der Waals surface area contributed by atoms with E-state index < -0.39 is 24.3 Å². The van der Waals surface area contributed by atoms with Crippen LogP contribution < -0.4 is 5.32 Å². The summed E-state index contributed by atoms with van der Waals surface area (Å²) < 4.78 is 25.2. The van der Waals surface area contributed by atoms with Gasteiger partial charge in [-0.05, 0) is 25.0 Å². The maximum absolute atomic E-state index is 12.6. The van der Waals surface area contributed by atoms with Crippen molar-refractivity contribution in [2.75, 3.05) is 18.4 Å². The van der Waals surface area contributed by atoms with Gasteiger partial charge in [0.15, 0.2) is 0 Å². The van der Waals surface area contributed by atoms with Gasteiger partial charge in [0.05, 0.1) is 5.92 Å². The van der Waals surface area contributed by atoms with Gasteiger partial charge in [-0.25, -0.2) is 13.6 Å². The molecule has 2 rings (SSSR count). The molecule has 0 bridgehead atoms. The number of urea groups is 1. The number of likely N-dealkylation sites (tertiary alicyclic amines) is 1. The molecule has 2 amide bonds. The van der Waals surface area contributed by atoms with Crippen molar-refractivity contribution in [2.45, 2.75) is 19.3 Å². The number of halogens is 2. The average molecular weight is 298 g/mol. The second-order valence-electron chi connectivity index (χ2n) is 4.96. The fourth-order valence-electron chi connectivity index (χ4n) is 2.28. The smallest absolute Gasteiger partial charge is 0.321 e. The molecule has 0 unspecified atom stereocenters. The minimum atomic E-state index is -2.59. The molecule has 0 saturated carbocycles. The highest BCUT2D eigenvalue weighted by Gasteiger charge is 2.27. The quantitative estimate of drug-likeness (QED) is 0.901. The van der Waals surface area contributed by atoms with Crippen LogP contribution in [-0.2, 0) is 4.79 Å². The zero-order valence-electron chi connectivity index (χ0n) is 11.3. The first-order valence-electron chi connectivity index (χ1n) is 6.64. The lowest BCUT2D eigenvalue weighted by atomic mass is 9.97. The van der Waals surface area contributed by atoms with Crippen molar-refractivity contribution < 1.29 is 23.5 Å². The average Bonchev–Trinajstić information content (AvgIpc) is 2.47. The van der Waals surface area contributed by atoms with E-state index in [1.165, 1.54) is 29.2 Å². The summed E-state index contributed by atoms with van der Waals surface area (Å²) in [7, 11) is 0. The van der Waals surface area contributed by atoms with Crippen LogP contribution in [-0.4, -0.2) is 35.1 Å². The molecule has 21 heavy (non-hydrogen) atoms.